The van der Waals surface area contributed by atoms with E-state index in [0.29, 0.717) is 23.5 Å². The number of rotatable bonds is 1. The molecule has 24 heavy (non-hydrogen) atoms. The van der Waals surface area contributed by atoms with Crippen molar-refractivity contribution in [2.24, 2.45) is 28.6 Å². The topological polar surface area (TPSA) is 43.4 Å². The highest BCUT2D eigenvalue weighted by molar-refractivity contribution is 5.87. The van der Waals surface area contributed by atoms with E-state index in [1.807, 2.05) is 0 Å². The van der Waals surface area contributed by atoms with Crippen molar-refractivity contribution >= 4 is 11.8 Å². The Bertz CT molecular complexity index is 606. The fourth-order valence-electron chi connectivity index (χ4n) is 6.73. The van der Waals surface area contributed by atoms with Crippen molar-refractivity contribution in [2.45, 2.75) is 78.2 Å². The number of carbonyl (C=O) groups excluding carboxylic acids is 2. The molecule has 0 spiro atoms. The van der Waals surface area contributed by atoms with Crippen molar-refractivity contribution < 1.29 is 14.3 Å². The van der Waals surface area contributed by atoms with Gasteiger partial charge in [-0.15, -0.1) is 0 Å². The highest BCUT2D eigenvalue weighted by atomic mass is 16.5. The molecule has 3 heteroatoms. The maximum Gasteiger partial charge on any atom is 0.302 e. The minimum atomic E-state index is -0.157. The maximum atomic E-state index is 12.4. The zero-order valence-corrected chi connectivity index (χ0v) is 15.3. The Hall–Kier alpha value is -1.12. The van der Waals surface area contributed by atoms with Crippen LogP contribution in [-0.2, 0) is 14.3 Å². The first-order valence-electron chi connectivity index (χ1n) is 9.74. The number of carbonyl (C=O) groups is 2. The van der Waals surface area contributed by atoms with Gasteiger partial charge in [0.1, 0.15) is 11.9 Å². The Kier molecular flexibility index (Phi) is 3.71. The van der Waals surface area contributed by atoms with Crippen LogP contribution in [0, 0.1) is 28.6 Å². The Morgan fingerprint density at radius 1 is 1.12 bits per heavy atom. The van der Waals surface area contributed by atoms with Crippen LogP contribution in [0.3, 0.4) is 0 Å². The molecule has 5 unspecified atom stereocenters. The first-order valence-corrected chi connectivity index (χ1v) is 9.74. The van der Waals surface area contributed by atoms with Gasteiger partial charge in [-0.05, 0) is 61.7 Å². The van der Waals surface area contributed by atoms with E-state index in [0.717, 1.165) is 44.9 Å². The minimum Gasteiger partial charge on any atom is -0.462 e. The minimum absolute atomic E-state index is 0.0438. The molecular formula is C21H30O3. The van der Waals surface area contributed by atoms with Gasteiger partial charge in [-0.2, -0.15) is 0 Å². The highest BCUT2D eigenvalue weighted by Crippen LogP contribution is 2.64. The predicted octanol–water partition coefficient (Wildman–Crippen LogP) is 4.45. The van der Waals surface area contributed by atoms with E-state index in [4.69, 9.17) is 4.74 Å². The van der Waals surface area contributed by atoms with Crippen molar-refractivity contribution in [3.8, 4) is 0 Å². The van der Waals surface area contributed by atoms with E-state index in [2.05, 4.69) is 19.9 Å². The number of fused-ring (bicyclic) bond motifs is 5. The average molecular weight is 330 g/mol. The molecule has 4 aliphatic rings. The van der Waals surface area contributed by atoms with Crippen LogP contribution in [0.2, 0.25) is 0 Å². The van der Waals surface area contributed by atoms with E-state index in [-0.39, 0.29) is 22.9 Å². The van der Waals surface area contributed by atoms with Crippen molar-refractivity contribution in [1.29, 1.82) is 0 Å². The normalized spacial score (nSPS) is 47.3. The van der Waals surface area contributed by atoms with Crippen LogP contribution in [0.5, 0.6) is 0 Å². The molecule has 0 amide bonds. The van der Waals surface area contributed by atoms with E-state index in [9.17, 15) is 9.59 Å². The number of Topliss-reactive ketones (excluding diaryl/α,β-unsaturated/α-hetero) is 1. The van der Waals surface area contributed by atoms with Crippen LogP contribution in [0.15, 0.2) is 11.6 Å². The van der Waals surface area contributed by atoms with Gasteiger partial charge in [0.05, 0.1) is 0 Å². The molecule has 0 heterocycles. The van der Waals surface area contributed by atoms with Crippen LogP contribution >= 0.6 is 0 Å². The Balaban J connectivity index is 1.60. The summed E-state index contributed by atoms with van der Waals surface area (Å²) in [5, 5.41) is 0. The maximum absolute atomic E-state index is 12.4. The molecule has 3 fully saturated rings. The molecular weight excluding hydrogens is 300 g/mol. The first kappa shape index (κ1) is 16.4. The lowest BCUT2D eigenvalue weighted by molar-refractivity contribution is -0.148. The van der Waals surface area contributed by atoms with Crippen molar-refractivity contribution in [3.63, 3.8) is 0 Å². The monoisotopic (exact) mass is 330 g/mol. The van der Waals surface area contributed by atoms with Gasteiger partial charge in [0.15, 0.2) is 0 Å². The van der Waals surface area contributed by atoms with Crippen LogP contribution in [0.25, 0.3) is 0 Å². The summed E-state index contributed by atoms with van der Waals surface area (Å²) in [7, 11) is 0. The van der Waals surface area contributed by atoms with Gasteiger partial charge in [0.25, 0.3) is 0 Å². The van der Waals surface area contributed by atoms with Gasteiger partial charge in [-0.1, -0.05) is 25.5 Å². The molecule has 0 N–H and O–H groups in total. The second-order valence-electron chi connectivity index (χ2n) is 9.15. The van der Waals surface area contributed by atoms with Crippen LogP contribution in [0.1, 0.15) is 72.1 Å². The van der Waals surface area contributed by atoms with Crippen molar-refractivity contribution in [1.82, 2.24) is 0 Å². The quantitative estimate of drug-likeness (QED) is 0.527. The molecule has 0 radical (unpaired) electrons. The van der Waals surface area contributed by atoms with Gasteiger partial charge >= 0.3 is 5.97 Å². The molecule has 0 aromatic carbocycles. The SMILES string of the molecule is CC(=O)OC1CCC2(C)C(=CCC3C2CC[C@]2(C)C(=O)CCC32)C1. The zero-order valence-electron chi connectivity index (χ0n) is 15.3. The Labute approximate surface area is 145 Å². The molecule has 4 rings (SSSR count). The molecule has 0 aliphatic heterocycles. The fraction of sp³-hybridized carbons (Fsp3) is 0.810. The van der Waals surface area contributed by atoms with E-state index < -0.39 is 0 Å². The number of esters is 1. The molecule has 0 bridgehead atoms. The molecule has 3 nitrogen and oxygen atoms in total. The Morgan fingerprint density at radius 3 is 2.58 bits per heavy atom. The number of allylic oxidation sites excluding steroid dienone is 1. The number of hydrogen-bond donors (Lipinski definition) is 0. The molecule has 6 atom stereocenters. The third-order valence-corrected chi connectivity index (χ3v) is 8.10. The van der Waals surface area contributed by atoms with E-state index >= 15 is 0 Å². The summed E-state index contributed by atoms with van der Waals surface area (Å²) in [6.45, 7) is 6.19. The summed E-state index contributed by atoms with van der Waals surface area (Å²) in [5.74, 6) is 2.33. The lowest BCUT2D eigenvalue weighted by atomic mass is 9.48. The van der Waals surface area contributed by atoms with Crippen molar-refractivity contribution in [2.75, 3.05) is 0 Å². The van der Waals surface area contributed by atoms with Gasteiger partial charge in [0.2, 0.25) is 0 Å². The second-order valence-corrected chi connectivity index (χ2v) is 9.15. The molecule has 0 saturated heterocycles. The summed E-state index contributed by atoms with van der Waals surface area (Å²) in [4.78, 5) is 23.7. The van der Waals surface area contributed by atoms with E-state index in [1.165, 1.54) is 18.9 Å². The lowest BCUT2D eigenvalue weighted by Gasteiger charge is -2.56. The first-order chi connectivity index (χ1) is 11.3. The highest BCUT2D eigenvalue weighted by Gasteiger charge is 2.58. The van der Waals surface area contributed by atoms with Gasteiger partial charge in [-0.25, -0.2) is 0 Å². The molecule has 0 aromatic rings. The summed E-state index contributed by atoms with van der Waals surface area (Å²) in [5.41, 5.74) is 1.74. The van der Waals surface area contributed by atoms with Gasteiger partial charge in [-0.3, -0.25) is 9.59 Å². The molecule has 0 aromatic heterocycles. The summed E-state index contributed by atoms with van der Waals surface area (Å²) >= 11 is 0. The summed E-state index contributed by atoms with van der Waals surface area (Å²) in [6, 6.07) is 0. The fourth-order valence-corrected chi connectivity index (χ4v) is 6.73. The van der Waals surface area contributed by atoms with Crippen LogP contribution in [-0.4, -0.2) is 17.9 Å². The smallest absolute Gasteiger partial charge is 0.302 e. The summed E-state index contributed by atoms with van der Waals surface area (Å²) < 4.78 is 5.50. The van der Waals surface area contributed by atoms with Crippen molar-refractivity contribution in [3.05, 3.63) is 11.6 Å². The molecule has 132 valence electrons. The number of ketones is 1. The van der Waals surface area contributed by atoms with Crippen LogP contribution < -0.4 is 0 Å². The lowest BCUT2D eigenvalue weighted by Crippen LogP contribution is -2.50. The third-order valence-electron chi connectivity index (χ3n) is 8.10. The third kappa shape index (κ3) is 2.23. The largest absolute Gasteiger partial charge is 0.462 e. The Morgan fingerprint density at radius 2 is 1.83 bits per heavy atom. The van der Waals surface area contributed by atoms with E-state index in [1.54, 1.807) is 0 Å². The number of hydrogen-bond acceptors (Lipinski definition) is 3. The average Bonchev–Trinajstić information content (AvgIpc) is 2.83. The molecule has 4 aliphatic carbocycles. The standard InChI is InChI=1S/C21H30O3/c1-13(22)24-15-8-10-20(2)14(12-15)4-5-16-17-6-7-19(23)21(17,3)11-9-18(16)20/h4,15-18H,5-12H2,1-3H3/t15?,16?,17?,18?,20?,21-/m0/s1. The number of ether oxygens (including phenoxy) is 1. The second kappa shape index (κ2) is 5.44. The predicted molar refractivity (Wildman–Crippen MR) is 92.3 cm³/mol. The zero-order chi connectivity index (χ0) is 17.1. The van der Waals surface area contributed by atoms with Crippen LogP contribution in [0.4, 0.5) is 0 Å². The van der Waals surface area contributed by atoms with Gasteiger partial charge < -0.3 is 4.74 Å². The van der Waals surface area contributed by atoms with Gasteiger partial charge in [0, 0.05) is 25.2 Å². The summed E-state index contributed by atoms with van der Waals surface area (Å²) in [6.07, 6.45) is 10.8. The molecule has 3 saturated carbocycles.